The summed E-state index contributed by atoms with van der Waals surface area (Å²) < 4.78 is 0. The lowest BCUT2D eigenvalue weighted by Crippen LogP contribution is -2.64. The highest BCUT2D eigenvalue weighted by molar-refractivity contribution is 5.17. The van der Waals surface area contributed by atoms with Gasteiger partial charge in [-0.1, -0.05) is 30.3 Å². The van der Waals surface area contributed by atoms with Crippen LogP contribution in [0.1, 0.15) is 51.7 Å². The third-order valence-corrected chi connectivity index (χ3v) is 4.63. The molecule has 0 saturated carbocycles. The van der Waals surface area contributed by atoms with Gasteiger partial charge in [-0.2, -0.15) is 5.06 Å². The highest BCUT2D eigenvalue weighted by Crippen LogP contribution is 2.40. The summed E-state index contributed by atoms with van der Waals surface area (Å²) in [7, 11) is 0. The van der Waals surface area contributed by atoms with Crippen molar-refractivity contribution in [3.63, 3.8) is 0 Å². The van der Waals surface area contributed by atoms with Crippen molar-refractivity contribution in [2.45, 2.75) is 57.2 Å². The highest BCUT2D eigenvalue weighted by atomic mass is 16.7. The number of rotatable bonds is 5. The summed E-state index contributed by atoms with van der Waals surface area (Å²) >= 11 is 0. The van der Waals surface area contributed by atoms with Crippen molar-refractivity contribution in [2.24, 2.45) is 0 Å². The van der Waals surface area contributed by atoms with Crippen LogP contribution >= 0.6 is 0 Å². The lowest BCUT2D eigenvalue weighted by molar-refractivity contribution is -0.322. The van der Waals surface area contributed by atoms with Crippen LogP contribution < -0.4 is 0 Å². The molecule has 1 fully saturated rings. The van der Waals surface area contributed by atoms with Gasteiger partial charge in [0.1, 0.15) is 6.10 Å². The van der Waals surface area contributed by atoms with Gasteiger partial charge >= 0.3 is 0 Å². The maximum atomic E-state index is 9.83. The Hall–Kier alpha value is -0.940. The van der Waals surface area contributed by atoms with Gasteiger partial charge in [0.05, 0.1) is 24.3 Å². The van der Waals surface area contributed by atoms with Crippen molar-refractivity contribution >= 4 is 0 Å². The van der Waals surface area contributed by atoms with Crippen molar-refractivity contribution in [2.75, 3.05) is 13.2 Å². The van der Waals surface area contributed by atoms with Gasteiger partial charge in [0.2, 0.25) is 0 Å². The van der Waals surface area contributed by atoms with Gasteiger partial charge in [0, 0.05) is 0 Å². The zero-order valence-corrected chi connectivity index (χ0v) is 13.2. The number of hydrogen-bond donors (Lipinski definition) is 2. The molecule has 1 aromatic carbocycles. The van der Waals surface area contributed by atoms with E-state index in [0.29, 0.717) is 0 Å². The monoisotopic (exact) mass is 293 g/mol. The summed E-state index contributed by atoms with van der Waals surface area (Å²) in [5, 5.41) is 21.5. The van der Waals surface area contributed by atoms with Crippen molar-refractivity contribution in [1.29, 1.82) is 0 Å². The molecule has 1 heterocycles. The van der Waals surface area contributed by atoms with Crippen LogP contribution in [0.5, 0.6) is 0 Å². The molecule has 1 aliphatic rings. The quantitative estimate of drug-likeness (QED) is 0.876. The molecule has 0 radical (unpaired) electrons. The first kappa shape index (κ1) is 16.4. The molecule has 4 heteroatoms. The normalized spacial score (nSPS) is 32.0. The molecular formula is C17H27NO3. The molecule has 0 aliphatic carbocycles. The first-order valence-corrected chi connectivity index (χ1v) is 7.69. The molecule has 118 valence electrons. The summed E-state index contributed by atoms with van der Waals surface area (Å²) in [6.07, 6.45) is 2.58. The summed E-state index contributed by atoms with van der Waals surface area (Å²) in [6.45, 7) is 6.03. The summed E-state index contributed by atoms with van der Waals surface area (Å²) in [5.41, 5.74) is 0.168. The fourth-order valence-electron chi connectivity index (χ4n) is 3.19. The smallest absolute Gasteiger partial charge is 0.102 e. The van der Waals surface area contributed by atoms with E-state index in [4.69, 9.17) is 4.84 Å². The van der Waals surface area contributed by atoms with E-state index < -0.39 is 11.1 Å². The first-order chi connectivity index (χ1) is 9.95. The van der Waals surface area contributed by atoms with Crippen LogP contribution in [0, 0.1) is 0 Å². The molecule has 2 N–H and O–H groups in total. The zero-order chi connectivity index (χ0) is 15.5. The number of nitrogens with zero attached hydrogens (tertiary/aromatic N) is 1. The maximum Gasteiger partial charge on any atom is 0.102 e. The largest absolute Gasteiger partial charge is 0.394 e. The Morgan fingerprint density at radius 3 is 2.10 bits per heavy atom. The molecule has 1 aromatic rings. The lowest BCUT2D eigenvalue weighted by Gasteiger charge is -2.53. The third kappa shape index (κ3) is 3.29. The lowest BCUT2D eigenvalue weighted by atomic mass is 9.80. The number of piperidine rings is 1. The van der Waals surface area contributed by atoms with Crippen LogP contribution in [-0.4, -0.2) is 39.6 Å². The highest BCUT2D eigenvalue weighted by Gasteiger charge is 2.48. The van der Waals surface area contributed by atoms with E-state index in [1.165, 1.54) is 0 Å². The van der Waals surface area contributed by atoms with Crippen LogP contribution in [0.4, 0.5) is 0 Å². The fraction of sp³-hybridized carbons (Fsp3) is 0.647. The van der Waals surface area contributed by atoms with Gasteiger partial charge in [0.15, 0.2) is 0 Å². The van der Waals surface area contributed by atoms with Gasteiger partial charge in [-0.3, -0.25) is 4.84 Å². The Morgan fingerprint density at radius 2 is 1.62 bits per heavy atom. The van der Waals surface area contributed by atoms with E-state index in [9.17, 15) is 10.2 Å². The zero-order valence-electron chi connectivity index (χ0n) is 13.2. The molecule has 3 atom stereocenters. The van der Waals surface area contributed by atoms with Crippen LogP contribution in [0.25, 0.3) is 0 Å². The molecule has 0 amide bonds. The van der Waals surface area contributed by atoms with Crippen LogP contribution in [0.2, 0.25) is 0 Å². The summed E-state index contributed by atoms with van der Waals surface area (Å²) in [4.78, 5) is 6.20. The maximum absolute atomic E-state index is 9.83. The molecule has 1 saturated heterocycles. The number of benzene rings is 1. The van der Waals surface area contributed by atoms with E-state index in [2.05, 4.69) is 0 Å². The molecule has 0 aromatic heterocycles. The summed E-state index contributed by atoms with van der Waals surface area (Å²) in [5.74, 6) is 0. The van der Waals surface area contributed by atoms with E-state index >= 15 is 0 Å². The van der Waals surface area contributed by atoms with Gasteiger partial charge in [0.25, 0.3) is 0 Å². The average molecular weight is 293 g/mol. The molecule has 1 unspecified atom stereocenters. The minimum atomic E-state index is -0.460. The Kier molecular flexibility index (Phi) is 5.04. The minimum absolute atomic E-state index is 0.0180. The van der Waals surface area contributed by atoms with Crippen LogP contribution in [0.15, 0.2) is 30.3 Å². The Morgan fingerprint density at radius 1 is 1.10 bits per heavy atom. The van der Waals surface area contributed by atoms with Crippen LogP contribution in [0.3, 0.4) is 0 Å². The molecular weight excluding hydrogens is 266 g/mol. The molecule has 4 nitrogen and oxygen atoms in total. The van der Waals surface area contributed by atoms with E-state index in [1.54, 1.807) is 0 Å². The van der Waals surface area contributed by atoms with Crippen molar-refractivity contribution in [1.82, 2.24) is 5.06 Å². The summed E-state index contributed by atoms with van der Waals surface area (Å²) in [6, 6.07) is 10.0. The molecule has 2 rings (SSSR count). The van der Waals surface area contributed by atoms with Crippen molar-refractivity contribution < 1.29 is 15.1 Å². The third-order valence-electron chi connectivity index (χ3n) is 4.63. The van der Waals surface area contributed by atoms with E-state index in [1.807, 2.05) is 56.2 Å². The number of hydrogen-bond acceptors (Lipinski definition) is 4. The molecule has 0 spiro atoms. The second kappa shape index (κ2) is 6.44. The minimum Gasteiger partial charge on any atom is -0.394 e. The fourth-order valence-corrected chi connectivity index (χ4v) is 3.19. The van der Waals surface area contributed by atoms with Crippen molar-refractivity contribution in [3.8, 4) is 0 Å². The second-order valence-corrected chi connectivity index (χ2v) is 6.62. The van der Waals surface area contributed by atoms with Crippen LogP contribution in [-0.2, 0) is 4.84 Å². The predicted octanol–water partition coefficient (Wildman–Crippen LogP) is 2.67. The molecule has 1 aliphatic heterocycles. The molecule has 21 heavy (non-hydrogen) atoms. The topological polar surface area (TPSA) is 52.9 Å². The van der Waals surface area contributed by atoms with E-state index in [-0.39, 0.29) is 19.3 Å². The van der Waals surface area contributed by atoms with Gasteiger partial charge < -0.3 is 10.2 Å². The van der Waals surface area contributed by atoms with Gasteiger partial charge in [-0.05, 0) is 45.6 Å². The SMILES string of the molecule is CC(ON1[C@@](C)(CO)CCC[C@]1(C)CO)c1ccccc1. The Labute approximate surface area is 127 Å². The van der Waals surface area contributed by atoms with Gasteiger partial charge in [-0.25, -0.2) is 0 Å². The molecule has 0 bridgehead atoms. The first-order valence-electron chi connectivity index (χ1n) is 7.69. The average Bonchev–Trinajstić information content (AvgIpc) is 2.52. The van der Waals surface area contributed by atoms with E-state index in [0.717, 1.165) is 24.8 Å². The standard InChI is InChI=1S/C17H27NO3/c1-14(15-8-5-4-6-9-15)21-18-16(2,12-19)10-7-11-17(18,3)13-20/h4-6,8-9,14,19-20H,7,10-13H2,1-3H3/t14?,16-,17-/m1/s1. The van der Waals surface area contributed by atoms with Gasteiger partial charge in [-0.15, -0.1) is 0 Å². The Balaban J connectivity index is 2.23. The van der Waals surface area contributed by atoms with Crippen molar-refractivity contribution in [3.05, 3.63) is 35.9 Å². The number of hydroxylamine groups is 2. The number of aliphatic hydroxyl groups excluding tert-OH is 2. The number of aliphatic hydroxyl groups is 2. The second-order valence-electron chi connectivity index (χ2n) is 6.62. The Bertz CT molecular complexity index is 435. The predicted molar refractivity (Wildman–Crippen MR) is 82.6 cm³/mol.